The molecule has 9 heteroatoms. The third kappa shape index (κ3) is 6.55. The number of aromatic nitrogens is 3. The van der Waals surface area contributed by atoms with Gasteiger partial charge in [-0.2, -0.15) is 5.10 Å². The summed E-state index contributed by atoms with van der Waals surface area (Å²) in [5.41, 5.74) is 1.58. The summed E-state index contributed by atoms with van der Waals surface area (Å²) in [6.07, 6.45) is 9.69. The lowest BCUT2D eigenvalue weighted by Gasteiger charge is -2.13. The molecule has 2 heterocycles. The van der Waals surface area contributed by atoms with Crippen LogP contribution in [0.15, 0.2) is 48.1 Å². The summed E-state index contributed by atoms with van der Waals surface area (Å²) in [5.74, 6) is -0.478. The monoisotopic (exact) mass is 373 g/mol. The molecule has 142 valence electrons. The maximum Gasteiger partial charge on any atom is 0.316 e. The minimum absolute atomic E-state index is 0.0778. The van der Waals surface area contributed by atoms with E-state index in [1.54, 1.807) is 31.7 Å². The normalized spacial score (nSPS) is 11.6. The molecule has 0 N–H and O–H groups in total. The zero-order chi connectivity index (χ0) is 19.5. The Morgan fingerprint density at radius 2 is 2.04 bits per heavy atom. The molecule has 2 aromatic heterocycles. The van der Waals surface area contributed by atoms with E-state index >= 15 is 0 Å². The van der Waals surface area contributed by atoms with E-state index in [1.807, 2.05) is 6.92 Å². The number of rotatable bonds is 10. The zero-order valence-corrected chi connectivity index (χ0v) is 15.1. The summed E-state index contributed by atoms with van der Waals surface area (Å²) in [6.45, 7) is 2.67. The number of carbonyl (C=O) groups is 1. The second-order valence-corrected chi connectivity index (χ2v) is 5.30. The van der Waals surface area contributed by atoms with Crippen LogP contribution in [0.2, 0.25) is 0 Å². The minimum Gasteiger partial charge on any atom is -0.461 e. The van der Waals surface area contributed by atoms with Gasteiger partial charge in [0.2, 0.25) is 6.41 Å². The Kier molecular flexibility index (Phi) is 7.98. The summed E-state index contributed by atoms with van der Waals surface area (Å²) in [5, 5.41) is 5.44. The lowest BCUT2D eigenvalue weighted by molar-refractivity contribution is -0.118. The maximum atomic E-state index is 13.3. The van der Waals surface area contributed by atoms with Crippen LogP contribution >= 0.6 is 0 Å². The van der Waals surface area contributed by atoms with Gasteiger partial charge in [0.15, 0.2) is 0 Å². The number of pyridine rings is 1. The summed E-state index contributed by atoms with van der Waals surface area (Å²) < 4.78 is 23.5. The van der Waals surface area contributed by atoms with Crippen LogP contribution in [0.1, 0.15) is 18.1 Å². The standard InChI is InChI=1S/C18H20FN5O3/c1-3-4-17(15-9-21-18(22-10-15)27-6-5-26-2)23-24(13-25)12-14-7-16(19)11-20-8-14/h3-4,7-11,13H,5-6,12H2,1-2H3/b4-3-,23-17+. The van der Waals surface area contributed by atoms with Crippen LogP contribution in [0.25, 0.3) is 0 Å². The Morgan fingerprint density at radius 1 is 1.26 bits per heavy atom. The molecule has 0 saturated carbocycles. The van der Waals surface area contributed by atoms with Crippen LogP contribution in [-0.2, 0) is 16.1 Å². The van der Waals surface area contributed by atoms with E-state index in [0.717, 1.165) is 11.2 Å². The molecule has 0 spiro atoms. The zero-order valence-electron chi connectivity index (χ0n) is 15.1. The second kappa shape index (κ2) is 10.7. The van der Waals surface area contributed by atoms with Gasteiger partial charge in [-0.05, 0) is 24.6 Å². The van der Waals surface area contributed by atoms with Crippen molar-refractivity contribution in [2.75, 3.05) is 20.3 Å². The number of amides is 1. The lowest BCUT2D eigenvalue weighted by Crippen LogP contribution is -2.18. The van der Waals surface area contributed by atoms with E-state index < -0.39 is 5.82 Å². The number of hydrogen-bond acceptors (Lipinski definition) is 7. The first-order chi connectivity index (χ1) is 13.2. The van der Waals surface area contributed by atoms with Crippen molar-refractivity contribution in [1.82, 2.24) is 20.0 Å². The van der Waals surface area contributed by atoms with E-state index in [9.17, 15) is 9.18 Å². The van der Waals surface area contributed by atoms with Gasteiger partial charge in [-0.15, -0.1) is 0 Å². The van der Waals surface area contributed by atoms with E-state index in [1.165, 1.54) is 12.3 Å². The fourth-order valence-electron chi connectivity index (χ4n) is 2.05. The van der Waals surface area contributed by atoms with Gasteiger partial charge >= 0.3 is 6.01 Å². The molecule has 27 heavy (non-hydrogen) atoms. The van der Waals surface area contributed by atoms with Crippen molar-refractivity contribution >= 4 is 12.1 Å². The van der Waals surface area contributed by atoms with Crippen molar-refractivity contribution in [3.05, 3.63) is 59.9 Å². The van der Waals surface area contributed by atoms with Gasteiger partial charge in [-0.1, -0.05) is 6.08 Å². The predicted octanol–water partition coefficient (Wildman–Crippen LogP) is 1.97. The first-order valence-electron chi connectivity index (χ1n) is 8.13. The second-order valence-electron chi connectivity index (χ2n) is 5.30. The summed E-state index contributed by atoms with van der Waals surface area (Å²) in [7, 11) is 1.58. The van der Waals surface area contributed by atoms with Crippen molar-refractivity contribution in [2.24, 2.45) is 5.10 Å². The van der Waals surface area contributed by atoms with Crippen molar-refractivity contribution in [3.63, 3.8) is 0 Å². The number of nitrogens with zero attached hydrogens (tertiary/aromatic N) is 5. The maximum absolute atomic E-state index is 13.3. The molecule has 0 radical (unpaired) electrons. The Labute approximate surface area is 156 Å². The number of hydrogen-bond donors (Lipinski definition) is 0. The van der Waals surface area contributed by atoms with Crippen LogP contribution in [0.4, 0.5) is 4.39 Å². The van der Waals surface area contributed by atoms with Crippen LogP contribution < -0.4 is 4.74 Å². The molecule has 0 saturated heterocycles. The third-order valence-electron chi connectivity index (χ3n) is 3.23. The number of allylic oxidation sites excluding steroid dienone is 2. The van der Waals surface area contributed by atoms with Crippen molar-refractivity contribution in [3.8, 4) is 6.01 Å². The van der Waals surface area contributed by atoms with Crippen molar-refractivity contribution in [1.29, 1.82) is 0 Å². The van der Waals surface area contributed by atoms with Gasteiger partial charge in [-0.3, -0.25) is 9.78 Å². The molecule has 1 amide bonds. The van der Waals surface area contributed by atoms with E-state index in [4.69, 9.17) is 9.47 Å². The van der Waals surface area contributed by atoms with E-state index in [2.05, 4.69) is 20.1 Å². The van der Waals surface area contributed by atoms with Gasteiger partial charge in [0.25, 0.3) is 0 Å². The highest BCUT2D eigenvalue weighted by Gasteiger charge is 2.08. The molecule has 8 nitrogen and oxygen atoms in total. The molecule has 0 aliphatic rings. The Hall–Kier alpha value is -3.20. The largest absolute Gasteiger partial charge is 0.461 e. The van der Waals surface area contributed by atoms with Crippen LogP contribution in [0, 0.1) is 5.82 Å². The number of ether oxygens (including phenoxy) is 2. The molecule has 0 atom stereocenters. The molecule has 2 aromatic rings. The number of hydrazone groups is 1. The Morgan fingerprint density at radius 3 is 2.67 bits per heavy atom. The van der Waals surface area contributed by atoms with Crippen LogP contribution in [0.3, 0.4) is 0 Å². The first kappa shape index (κ1) is 20.1. The van der Waals surface area contributed by atoms with E-state index in [-0.39, 0.29) is 12.6 Å². The fourth-order valence-corrected chi connectivity index (χ4v) is 2.05. The van der Waals surface area contributed by atoms with Crippen molar-refractivity contribution in [2.45, 2.75) is 13.5 Å². The molecule has 0 bridgehead atoms. The molecule has 0 fully saturated rings. The van der Waals surface area contributed by atoms with E-state index in [0.29, 0.717) is 36.5 Å². The molecule has 0 aliphatic carbocycles. The van der Waals surface area contributed by atoms with Crippen molar-refractivity contribution < 1.29 is 18.7 Å². The van der Waals surface area contributed by atoms with Gasteiger partial charge in [-0.25, -0.2) is 19.4 Å². The molecular formula is C18H20FN5O3. The van der Waals surface area contributed by atoms with Crippen LogP contribution in [0.5, 0.6) is 6.01 Å². The number of methoxy groups -OCH3 is 1. The Balaban J connectivity index is 2.17. The van der Waals surface area contributed by atoms with Gasteiger partial charge in [0.1, 0.15) is 12.4 Å². The molecule has 2 rings (SSSR count). The fraction of sp³-hybridized carbons (Fsp3) is 0.278. The first-order valence-corrected chi connectivity index (χ1v) is 8.13. The number of carbonyl (C=O) groups excluding carboxylic acids is 1. The van der Waals surface area contributed by atoms with Gasteiger partial charge in [0.05, 0.1) is 25.1 Å². The highest BCUT2D eigenvalue weighted by molar-refractivity contribution is 6.08. The quantitative estimate of drug-likeness (QED) is 0.274. The SMILES string of the molecule is C/C=C\C(=N/N(C=O)Cc1cncc(F)c1)c1cnc(OCCOC)nc1. The summed E-state index contributed by atoms with van der Waals surface area (Å²) >= 11 is 0. The molecule has 0 aliphatic heterocycles. The smallest absolute Gasteiger partial charge is 0.316 e. The number of halogens is 1. The van der Waals surface area contributed by atoms with Crippen LogP contribution in [-0.4, -0.2) is 52.4 Å². The van der Waals surface area contributed by atoms with Gasteiger partial charge < -0.3 is 9.47 Å². The van der Waals surface area contributed by atoms with Gasteiger partial charge in [0, 0.05) is 31.3 Å². The average Bonchev–Trinajstić information content (AvgIpc) is 2.68. The molecule has 0 unspecified atom stereocenters. The topological polar surface area (TPSA) is 89.8 Å². The highest BCUT2D eigenvalue weighted by atomic mass is 19.1. The summed E-state index contributed by atoms with van der Waals surface area (Å²) in [4.78, 5) is 23.4. The molecular weight excluding hydrogens is 353 g/mol. The molecule has 0 aromatic carbocycles. The highest BCUT2D eigenvalue weighted by Crippen LogP contribution is 2.09. The average molecular weight is 373 g/mol. The lowest BCUT2D eigenvalue weighted by atomic mass is 10.2. The minimum atomic E-state index is -0.478. The summed E-state index contributed by atoms with van der Waals surface area (Å²) in [6, 6.07) is 1.51. The third-order valence-corrected chi connectivity index (χ3v) is 3.23. The Bertz CT molecular complexity index is 796. The predicted molar refractivity (Wildman–Crippen MR) is 96.6 cm³/mol.